The van der Waals surface area contributed by atoms with E-state index < -0.39 is 0 Å². The van der Waals surface area contributed by atoms with Gasteiger partial charge in [0, 0.05) is 23.7 Å². The van der Waals surface area contributed by atoms with Gasteiger partial charge in [0.05, 0.1) is 6.54 Å². The van der Waals surface area contributed by atoms with Crippen LogP contribution >= 0.6 is 11.8 Å². The number of nitrogens with two attached hydrogens (primary N) is 1. The molecule has 0 atom stereocenters. The first kappa shape index (κ1) is 13.5. The summed E-state index contributed by atoms with van der Waals surface area (Å²) in [6.07, 6.45) is 3.36. The molecule has 96 valence electrons. The first-order valence-corrected chi connectivity index (χ1v) is 6.65. The smallest absolute Gasteiger partial charge is 0.187 e. The van der Waals surface area contributed by atoms with E-state index >= 15 is 0 Å². The van der Waals surface area contributed by atoms with Gasteiger partial charge in [-0.05, 0) is 29.8 Å². The molecular formula is C14H12FN3S. The van der Waals surface area contributed by atoms with E-state index in [-0.39, 0.29) is 12.4 Å². The number of halogens is 1. The molecule has 0 aliphatic carbocycles. The summed E-state index contributed by atoms with van der Waals surface area (Å²) in [5.74, 6) is 5.84. The molecule has 0 spiro atoms. The van der Waals surface area contributed by atoms with E-state index in [9.17, 15) is 4.39 Å². The second-order valence-electron chi connectivity index (χ2n) is 3.67. The molecule has 2 N–H and O–H groups in total. The quantitative estimate of drug-likeness (QED) is 0.529. The number of benzene rings is 1. The predicted octanol–water partition coefficient (Wildman–Crippen LogP) is 2.22. The fourth-order valence-electron chi connectivity index (χ4n) is 1.47. The number of hydrogen-bond acceptors (Lipinski definition) is 4. The largest absolute Gasteiger partial charge is 0.320 e. The van der Waals surface area contributed by atoms with Crippen LogP contribution in [0.5, 0.6) is 0 Å². The van der Waals surface area contributed by atoms with Crippen LogP contribution in [0.4, 0.5) is 4.39 Å². The molecule has 3 nitrogen and oxygen atoms in total. The van der Waals surface area contributed by atoms with Crippen molar-refractivity contribution in [2.45, 2.75) is 10.9 Å². The molecule has 0 amide bonds. The molecule has 0 saturated carbocycles. The van der Waals surface area contributed by atoms with E-state index in [0.29, 0.717) is 16.5 Å². The van der Waals surface area contributed by atoms with E-state index in [1.165, 1.54) is 23.9 Å². The lowest BCUT2D eigenvalue weighted by molar-refractivity contribution is 0.626. The van der Waals surface area contributed by atoms with Gasteiger partial charge in [0.15, 0.2) is 5.16 Å². The minimum atomic E-state index is -0.298. The predicted molar refractivity (Wildman–Crippen MR) is 73.9 cm³/mol. The summed E-state index contributed by atoms with van der Waals surface area (Å²) in [6, 6.07) is 6.49. The van der Waals surface area contributed by atoms with Gasteiger partial charge in [-0.3, -0.25) is 0 Å². The maximum absolute atomic E-state index is 13.4. The zero-order valence-electron chi connectivity index (χ0n) is 10.1. The molecule has 2 aromatic rings. The monoisotopic (exact) mass is 273 g/mol. The molecule has 0 saturated heterocycles. The van der Waals surface area contributed by atoms with Gasteiger partial charge in [-0.15, -0.1) is 0 Å². The highest BCUT2D eigenvalue weighted by Crippen LogP contribution is 2.20. The van der Waals surface area contributed by atoms with Crippen molar-refractivity contribution in [3.05, 3.63) is 53.6 Å². The third-order valence-electron chi connectivity index (χ3n) is 2.20. The Morgan fingerprint density at radius 1 is 1.21 bits per heavy atom. The second-order valence-corrected chi connectivity index (χ2v) is 4.62. The van der Waals surface area contributed by atoms with Crippen molar-refractivity contribution in [3.63, 3.8) is 0 Å². The Hall–Kier alpha value is -1.90. The Morgan fingerprint density at radius 3 is 2.74 bits per heavy atom. The van der Waals surface area contributed by atoms with Gasteiger partial charge in [-0.2, -0.15) is 0 Å². The van der Waals surface area contributed by atoms with Gasteiger partial charge in [-0.25, -0.2) is 14.4 Å². The normalized spacial score (nSPS) is 9.79. The van der Waals surface area contributed by atoms with Crippen LogP contribution in [0.25, 0.3) is 0 Å². The molecule has 1 aromatic heterocycles. The minimum absolute atomic E-state index is 0.262. The number of thioether (sulfide) groups is 1. The molecule has 0 aliphatic heterocycles. The van der Waals surface area contributed by atoms with Crippen molar-refractivity contribution in [3.8, 4) is 11.8 Å². The van der Waals surface area contributed by atoms with Crippen LogP contribution in [0.1, 0.15) is 11.1 Å². The minimum Gasteiger partial charge on any atom is -0.320 e. The van der Waals surface area contributed by atoms with Crippen LogP contribution in [0.3, 0.4) is 0 Å². The second kappa shape index (κ2) is 6.88. The Kier molecular flexibility index (Phi) is 4.90. The average molecular weight is 273 g/mol. The first-order valence-electron chi connectivity index (χ1n) is 5.66. The van der Waals surface area contributed by atoms with Gasteiger partial charge in [0.1, 0.15) is 5.82 Å². The number of aromatic nitrogens is 2. The molecular weight excluding hydrogens is 261 g/mol. The SMILES string of the molecule is NCC#Cc1cc(F)cc(CSc2ncccn2)c1. The highest BCUT2D eigenvalue weighted by molar-refractivity contribution is 7.98. The molecule has 1 aromatic carbocycles. The van der Waals surface area contributed by atoms with Crippen LogP contribution in [-0.2, 0) is 5.75 Å². The molecule has 0 radical (unpaired) electrons. The summed E-state index contributed by atoms with van der Waals surface area (Å²) < 4.78 is 13.4. The Balaban J connectivity index is 2.10. The van der Waals surface area contributed by atoms with Crippen LogP contribution in [0.2, 0.25) is 0 Å². The first-order chi connectivity index (χ1) is 9.28. The van der Waals surface area contributed by atoms with Crippen molar-refractivity contribution in [1.29, 1.82) is 0 Å². The maximum atomic E-state index is 13.4. The standard InChI is InChI=1S/C14H12FN3S/c15-13-8-11(3-1-4-16)7-12(9-13)10-19-14-17-5-2-6-18-14/h2,5-9H,4,10,16H2. The third kappa shape index (κ3) is 4.36. The van der Waals surface area contributed by atoms with Crippen molar-refractivity contribution >= 4 is 11.8 Å². The van der Waals surface area contributed by atoms with Crippen molar-refractivity contribution in [2.24, 2.45) is 5.73 Å². The lowest BCUT2D eigenvalue weighted by Gasteiger charge is -2.02. The van der Waals surface area contributed by atoms with Gasteiger partial charge in [0.25, 0.3) is 0 Å². The number of nitrogens with zero attached hydrogens (tertiary/aromatic N) is 2. The van der Waals surface area contributed by atoms with E-state index in [0.717, 1.165) is 5.56 Å². The van der Waals surface area contributed by atoms with Crippen molar-refractivity contribution < 1.29 is 4.39 Å². The number of hydrogen-bond donors (Lipinski definition) is 1. The fraction of sp³-hybridized carbons (Fsp3) is 0.143. The maximum Gasteiger partial charge on any atom is 0.187 e. The summed E-state index contributed by atoms with van der Waals surface area (Å²) in [6.45, 7) is 0.262. The average Bonchev–Trinajstić information content (AvgIpc) is 2.43. The van der Waals surface area contributed by atoms with Crippen LogP contribution in [0.15, 0.2) is 41.8 Å². The number of rotatable bonds is 3. The molecule has 1 heterocycles. The Bertz CT molecular complexity index is 605. The van der Waals surface area contributed by atoms with Crippen LogP contribution in [0, 0.1) is 17.7 Å². The van der Waals surface area contributed by atoms with Gasteiger partial charge < -0.3 is 5.73 Å². The fourth-order valence-corrected chi connectivity index (χ4v) is 2.20. The molecule has 0 aliphatic rings. The molecule has 0 unspecified atom stereocenters. The van der Waals surface area contributed by atoms with E-state index in [1.54, 1.807) is 18.5 Å². The molecule has 0 fully saturated rings. The van der Waals surface area contributed by atoms with Crippen LogP contribution in [-0.4, -0.2) is 16.5 Å². The van der Waals surface area contributed by atoms with Gasteiger partial charge >= 0.3 is 0 Å². The molecule has 0 bridgehead atoms. The summed E-state index contributed by atoms with van der Waals surface area (Å²) in [5.41, 5.74) is 6.78. The van der Waals surface area contributed by atoms with E-state index in [1.807, 2.05) is 6.07 Å². The van der Waals surface area contributed by atoms with Crippen molar-refractivity contribution in [1.82, 2.24) is 9.97 Å². The van der Waals surface area contributed by atoms with Gasteiger partial charge in [-0.1, -0.05) is 23.6 Å². The Morgan fingerprint density at radius 2 is 2.00 bits per heavy atom. The summed E-state index contributed by atoms with van der Waals surface area (Å²) in [4.78, 5) is 8.20. The van der Waals surface area contributed by atoms with Gasteiger partial charge in [0.2, 0.25) is 0 Å². The summed E-state index contributed by atoms with van der Waals surface area (Å²) >= 11 is 1.45. The molecule has 5 heteroatoms. The Labute approximate surface area is 115 Å². The molecule has 19 heavy (non-hydrogen) atoms. The third-order valence-corrected chi connectivity index (χ3v) is 3.15. The van der Waals surface area contributed by atoms with E-state index in [2.05, 4.69) is 21.8 Å². The highest BCUT2D eigenvalue weighted by atomic mass is 32.2. The summed E-state index contributed by atoms with van der Waals surface area (Å²) in [5, 5.41) is 0.668. The van der Waals surface area contributed by atoms with Crippen molar-refractivity contribution in [2.75, 3.05) is 6.54 Å². The molecule has 2 rings (SSSR count). The lowest BCUT2D eigenvalue weighted by atomic mass is 10.1. The van der Waals surface area contributed by atoms with E-state index in [4.69, 9.17) is 5.73 Å². The zero-order chi connectivity index (χ0) is 13.5. The lowest BCUT2D eigenvalue weighted by Crippen LogP contribution is -1.93. The highest BCUT2D eigenvalue weighted by Gasteiger charge is 2.02. The zero-order valence-corrected chi connectivity index (χ0v) is 11.0. The summed E-state index contributed by atoms with van der Waals surface area (Å²) in [7, 11) is 0. The van der Waals surface area contributed by atoms with Crippen LogP contribution < -0.4 is 5.73 Å². The topological polar surface area (TPSA) is 51.8 Å².